The van der Waals surface area contributed by atoms with Crippen LogP contribution in [0, 0.1) is 5.92 Å². The summed E-state index contributed by atoms with van der Waals surface area (Å²) in [6.45, 7) is 2.07. The Morgan fingerprint density at radius 2 is 1.77 bits per heavy atom. The van der Waals surface area contributed by atoms with Gasteiger partial charge in [-0.2, -0.15) is 0 Å². The van der Waals surface area contributed by atoms with E-state index in [0.717, 1.165) is 11.0 Å². The summed E-state index contributed by atoms with van der Waals surface area (Å²) < 4.78 is 12.7. The number of carbonyl (C=O) groups excluding carboxylic acids is 2. The molecule has 0 radical (unpaired) electrons. The highest BCUT2D eigenvalue weighted by Gasteiger charge is 2.29. The fourth-order valence-corrected chi connectivity index (χ4v) is 4.00. The molecule has 2 aromatic carbocycles. The molecule has 1 saturated heterocycles. The van der Waals surface area contributed by atoms with Gasteiger partial charge in [0.2, 0.25) is 0 Å². The van der Waals surface area contributed by atoms with Crippen LogP contribution in [-0.2, 0) is 0 Å². The monoisotopic (exact) mass is 406 g/mol. The molecule has 0 aliphatic carbocycles. The molecule has 154 valence electrons. The first-order valence-corrected chi connectivity index (χ1v) is 10.1. The second-order valence-electron chi connectivity index (χ2n) is 7.50. The summed E-state index contributed by atoms with van der Waals surface area (Å²) in [4.78, 5) is 31.6. The van der Waals surface area contributed by atoms with Crippen molar-refractivity contribution < 1.29 is 19.1 Å². The van der Waals surface area contributed by atoms with Crippen LogP contribution in [0.3, 0.4) is 0 Å². The van der Waals surface area contributed by atoms with Crippen LogP contribution in [0.5, 0.6) is 11.5 Å². The van der Waals surface area contributed by atoms with Crippen LogP contribution in [0.2, 0.25) is 0 Å². The van der Waals surface area contributed by atoms with Crippen molar-refractivity contribution >= 4 is 22.8 Å². The molecule has 1 N–H and O–H groups in total. The minimum atomic E-state index is -0.191. The summed E-state index contributed by atoms with van der Waals surface area (Å²) in [5, 5.41) is 0. The standard InChI is InChI=1S/C22H22N4O4/c27-21(16-5-6-19-20(13-16)30-12-11-29-19)15-7-9-25(10-8-15)22(28)24-26-14-23-17-3-1-2-4-18(17)26/h1-6,13-15H,7-12H2,(H,24,28). The number of nitrogens with one attached hydrogen (secondary N) is 1. The Morgan fingerprint density at radius 1 is 1.00 bits per heavy atom. The quantitative estimate of drug-likeness (QED) is 0.676. The first kappa shape index (κ1) is 18.5. The van der Waals surface area contributed by atoms with Gasteiger partial charge in [0.25, 0.3) is 0 Å². The van der Waals surface area contributed by atoms with Crippen molar-refractivity contribution in [3.63, 3.8) is 0 Å². The summed E-state index contributed by atoms with van der Waals surface area (Å²) in [5.74, 6) is 1.28. The van der Waals surface area contributed by atoms with Crippen LogP contribution in [0.4, 0.5) is 4.79 Å². The molecule has 5 rings (SSSR count). The van der Waals surface area contributed by atoms with Crippen molar-refractivity contribution in [1.29, 1.82) is 0 Å². The number of hydrogen-bond acceptors (Lipinski definition) is 5. The second-order valence-corrected chi connectivity index (χ2v) is 7.50. The lowest BCUT2D eigenvalue weighted by atomic mass is 9.89. The van der Waals surface area contributed by atoms with Crippen LogP contribution < -0.4 is 14.9 Å². The van der Waals surface area contributed by atoms with Crippen molar-refractivity contribution in [2.75, 3.05) is 31.7 Å². The Bertz CT molecular complexity index is 1100. The molecule has 0 atom stereocenters. The summed E-state index contributed by atoms with van der Waals surface area (Å²) in [7, 11) is 0. The number of ketones is 1. The number of carbonyl (C=O) groups is 2. The number of nitrogens with zero attached hydrogens (tertiary/aromatic N) is 3. The molecule has 3 aromatic rings. The number of imidazole rings is 1. The molecule has 0 unspecified atom stereocenters. The number of amides is 2. The molecule has 0 saturated carbocycles. The van der Waals surface area contributed by atoms with Crippen molar-refractivity contribution in [1.82, 2.24) is 14.6 Å². The normalized spacial score (nSPS) is 16.5. The maximum atomic E-state index is 12.9. The molecule has 2 aliphatic heterocycles. The molecule has 1 fully saturated rings. The van der Waals surface area contributed by atoms with Gasteiger partial charge in [0.15, 0.2) is 17.3 Å². The van der Waals surface area contributed by atoms with Gasteiger partial charge in [-0.25, -0.2) is 19.9 Å². The second kappa shape index (κ2) is 7.70. The molecule has 8 nitrogen and oxygen atoms in total. The first-order valence-electron chi connectivity index (χ1n) is 10.1. The van der Waals surface area contributed by atoms with E-state index in [-0.39, 0.29) is 17.7 Å². The molecular weight excluding hydrogens is 384 g/mol. The number of ether oxygens (including phenoxy) is 2. The average molecular weight is 406 g/mol. The topological polar surface area (TPSA) is 85.7 Å². The van der Waals surface area contributed by atoms with E-state index in [2.05, 4.69) is 10.4 Å². The zero-order valence-corrected chi connectivity index (χ0v) is 16.4. The van der Waals surface area contributed by atoms with E-state index in [4.69, 9.17) is 9.47 Å². The van der Waals surface area contributed by atoms with Crippen molar-refractivity contribution in [2.45, 2.75) is 12.8 Å². The van der Waals surface area contributed by atoms with Gasteiger partial charge in [-0.3, -0.25) is 4.79 Å². The third-order valence-electron chi connectivity index (χ3n) is 5.65. The predicted octanol–water partition coefficient (Wildman–Crippen LogP) is 3.07. The lowest BCUT2D eigenvalue weighted by molar-refractivity contribution is 0.0857. The fraction of sp³-hybridized carbons (Fsp3) is 0.318. The smallest absolute Gasteiger partial charge is 0.336 e. The van der Waals surface area contributed by atoms with E-state index in [1.165, 1.54) is 0 Å². The highest BCUT2D eigenvalue weighted by atomic mass is 16.6. The van der Waals surface area contributed by atoms with E-state index in [0.29, 0.717) is 56.2 Å². The molecule has 30 heavy (non-hydrogen) atoms. The van der Waals surface area contributed by atoms with Crippen molar-refractivity contribution in [3.05, 3.63) is 54.4 Å². The van der Waals surface area contributed by atoms with Gasteiger partial charge in [-0.1, -0.05) is 12.1 Å². The van der Waals surface area contributed by atoms with Gasteiger partial charge in [-0.05, 0) is 43.2 Å². The van der Waals surface area contributed by atoms with E-state index in [9.17, 15) is 9.59 Å². The molecule has 0 spiro atoms. The molecule has 1 aromatic heterocycles. The van der Waals surface area contributed by atoms with Crippen molar-refractivity contribution in [3.8, 4) is 11.5 Å². The van der Waals surface area contributed by atoms with E-state index < -0.39 is 0 Å². The number of fused-ring (bicyclic) bond motifs is 2. The Balaban J connectivity index is 1.20. The molecule has 3 heterocycles. The Labute approximate surface area is 173 Å². The van der Waals surface area contributed by atoms with Crippen LogP contribution in [0.25, 0.3) is 11.0 Å². The summed E-state index contributed by atoms with van der Waals surface area (Å²) >= 11 is 0. The van der Waals surface area contributed by atoms with Gasteiger partial charge in [-0.15, -0.1) is 0 Å². The lowest BCUT2D eigenvalue weighted by Gasteiger charge is -2.31. The summed E-state index contributed by atoms with van der Waals surface area (Å²) in [6.07, 6.45) is 2.86. The maximum absolute atomic E-state index is 12.9. The summed E-state index contributed by atoms with van der Waals surface area (Å²) in [6, 6.07) is 12.8. The molecule has 2 amide bonds. The Kier molecular flexibility index (Phi) is 4.74. The van der Waals surface area contributed by atoms with E-state index >= 15 is 0 Å². The lowest BCUT2D eigenvalue weighted by Crippen LogP contribution is -2.44. The third-order valence-corrected chi connectivity index (χ3v) is 5.65. The number of Topliss-reactive ketones (excluding diaryl/α,β-unsaturated/α-hetero) is 1. The van der Waals surface area contributed by atoms with E-state index in [1.807, 2.05) is 24.3 Å². The Morgan fingerprint density at radius 3 is 2.60 bits per heavy atom. The van der Waals surface area contributed by atoms with Gasteiger partial charge >= 0.3 is 6.03 Å². The largest absolute Gasteiger partial charge is 0.486 e. The van der Waals surface area contributed by atoms with E-state index in [1.54, 1.807) is 34.1 Å². The molecular formula is C22H22N4O4. The van der Waals surface area contributed by atoms with Crippen LogP contribution in [-0.4, -0.2) is 52.7 Å². The number of piperidine rings is 1. The minimum Gasteiger partial charge on any atom is -0.486 e. The van der Waals surface area contributed by atoms with Gasteiger partial charge in [0.05, 0.1) is 11.0 Å². The molecule has 8 heteroatoms. The summed E-state index contributed by atoms with van der Waals surface area (Å²) in [5.41, 5.74) is 5.16. The predicted molar refractivity (Wildman–Crippen MR) is 111 cm³/mol. The number of benzene rings is 2. The van der Waals surface area contributed by atoms with Gasteiger partial charge < -0.3 is 14.4 Å². The zero-order chi connectivity index (χ0) is 20.5. The van der Waals surface area contributed by atoms with Crippen LogP contribution in [0.15, 0.2) is 48.8 Å². The number of rotatable bonds is 3. The SMILES string of the molecule is O=C(c1ccc2c(c1)OCCO2)C1CCN(C(=O)Nn2cnc3ccccc32)CC1. The van der Waals surface area contributed by atoms with Crippen LogP contribution >= 0.6 is 0 Å². The number of hydrogen-bond donors (Lipinski definition) is 1. The first-order chi connectivity index (χ1) is 14.7. The average Bonchev–Trinajstić information content (AvgIpc) is 3.21. The number of para-hydroxylation sites is 2. The number of urea groups is 1. The zero-order valence-electron chi connectivity index (χ0n) is 16.4. The Hall–Kier alpha value is -3.55. The highest BCUT2D eigenvalue weighted by molar-refractivity contribution is 5.98. The van der Waals surface area contributed by atoms with Crippen LogP contribution in [0.1, 0.15) is 23.2 Å². The van der Waals surface area contributed by atoms with Gasteiger partial charge in [0.1, 0.15) is 19.5 Å². The molecule has 0 bridgehead atoms. The molecule has 2 aliphatic rings. The fourth-order valence-electron chi connectivity index (χ4n) is 4.00. The third kappa shape index (κ3) is 3.45. The number of aromatic nitrogens is 2. The maximum Gasteiger partial charge on any atom is 0.336 e. The minimum absolute atomic E-state index is 0.0904. The number of likely N-dealkylation sites (tertiary alicyclic amines) is 1. The highest BCUT2D eigenvalue weighted by Crippen LogP contribution is 2.32. The van der Waals surface area contributed by atoms with Crippen molar-refractivity contribution in [2.24, 2.45) is 5.92 Å². The van der Waals surface area contributed by atoms with Gasteiger partial charge in [0, 0.05) is 24.6 Å².